The molecule has 1 aliphatic heterocycles. The van der Waals surface area contributed by atoms with E-state index in [1.165, 1.54) is 38.2 Å². The first-order chi connectivity index (χ1) is 8.77. The number of rotatable bonds is 1. The fourth-order valence-electron chi connectivity index (χ4n) is 3.15. The van der Waals surface area contributed by atoms with E-state index in [2.05, 4.69) is 5.32 Å². The molecule has 18 heavy (non-hydrogen) atoms. The lowest BCUT2D eigenvalue weighted by molar-refractivity contribution is -0.0467. The summed E-state index contributed by atoms with van der Waals surface area (Å²) >= 11 is 0. The van der Waals surface area contributed by atoms with Gasteiger partial charge in [-0.2, -0.15) is 0 Å². The molecule has 0 aromatic heterocycles. The molecule has 1 saturated carbocycles. The first-order valence-electron chi connectivity index (χ1n) is 6.90. The second kappa shape index (κ2) is 4.98. The van der Waals surface area contributed by atoms with Crippen LogP contribution in [0.2, 0.25) is 0 Å². The molecule has 1 atom stereocenters. The maximum absolute atomic E-state index is 13.2. The highest BCUT2D eigenvalue weighted by Crippen LogP contribution is 2.33. The molecule has 1 heterocycles. The topological polar surface area (TPSA) is 21.3 Å². The van der Waals surface area contributed by atoms with Crippen LogP contribution in [0.15, 0.2) is 24.3 Å². The lowest BCUT2D eigenvalue weighted by Crippen LogP contribution is -2.55. The normalized spacial score (nSPS) is 27.3. The van der Waals surface area contributed by atoms with Crippen LogP contribution < -0.4 is 5.32 Å². The zero-order valence-corrected chi connectivity index (χ0v) is 10.6. The standard InChI is InChI=1S/C15H20FNO/c16-13-6-4-5-12(9-13)14-10-17-15(11-18-14)7-2-1-3-8-15/h4-6,9,14,17H,1-3,7-8,10-11H2. The van der Waals surface area contributed by atoms with Gasteiger partial charge in [-0.3, -0.25) is 0 Å². The van der Waals surface area contributed by atoms with Gasteiger partial charge in [-0.15, -0.1) is 0 Å². The Morgan fingerprint density at radius 2 is 2.06 bits per heavy atom. The van der Waals surface area contributed by atoms with Gasteiger partial charge in [0, 0.05) is 12.1 Å². The van der Waals surface area contributed by atoms with Gasteiger partial charge in [-0.25, -0.2) is 4.39 Å². The summed E-state index contributed by atoms with van der Waals surface area (Å²) < 4.78 is 19.2. The smallest absolute Gasteiger partial charge is 0.123 e. The van der Waals surface area contributed by atoms with Crippen molar-refractivity contribution in [2.75, 3.05) is 13.2 Å². The van der Waals surface area contributed by atoms with E-state index in [4.69, 9.17) is 4.74 Å². The van der Waals surface area contributed by atoms with Crippen LogP contribution in [0.25, 0.3) is 0 Å². The Bertz CT molecular complexity index is 405. The minimum absolute atomic E-state index is 0.00625. The number of benzene rings is 1. The van der Waals surface area contributed by atoms with Gasteiger partial charge >= 0.3 is 0 Å². The molecule has 1 spiro atoms. The Kier molecular flexibility index (Phi) is 3.35. The van der Waals surface area contributed by atoms with Crippen LogP contribution in [0, 0.1) is 5.82 Å². The van der Waals surface area contributed by atoms with Crippen LogP contribution in [-0.2, 0) is 4.74 Å². The third kappa shape index (κ3) is 2.43. The molecule has 3 heteroatoms. The fourth-order valence-corrected chi connectivity index (χ4v) is 3.15. The van der Waals surface area contributed by atoms with Crippen LogP contribution in [0.4, 0.5) is 4.39 Å². The predicted octanol–water partition coefficient (Wildman–Crippen LogP) is 3.19. The number of nitrogens with one attached hydrogen (secondary N) is 1. The molecule has 3 rings (SSSR count). The lowest BCUT2D eigenvalue weighted by atomic mass is 9.81. The molecule has 2 aliphatic rings. The molecule has 1 aromatic carbocycles. The highest BCUT2D eigenvalue weighted by Gasteiger charge is 2.36. The van der Waals surface area contributed by atoms with E-state index in [1.807, 2.05) is 6.07 Å². The first-order valence-corrected chi connectivity index (χ1v) is 6.90. The second-order valence-electron chi connectivity index (χ2n) is 5.58. The molecule has 0 bridgehead atoms. The van der Waals surface area contributed by atoms with Crippen molar-refractivity contribution < 1.29 is 9.13 Å². The van der Waals surface area contributed by atoms with Crippen molar-refractivity contribution in [2.45, 2.75) is 43.7 Å². The minimum atomic E-state index is -0.186. The second-order valence-corrected chi connectivity index (χ2v) is 5.58. The van der Waals surface area contributed by atoms with Gasteiger partial charge in [0.25, 0.3) is 0 Å². The quantitative estimate of drug-likeness (QED) is 0.825. The van der Waals surface area contributed by atoms with E-state index >= 15 is 0 Å². The van der Waals surface area contributed by atoms with Crippen LogP contribution >= 0.6 is 0 Å². The maximum Gasteiger partial charge on any atom is 0.123 e. The predicted molar refractivity (Wildman–Crippen MR) is 68.9 cm³/mol. The van der Waals surface area contributed by atoms with Gasteiger partial charge in [0.2, 0.25) is 0 Å². The first kappa shape index (κ1) is 12.1. The Morgan fingerprint density at radius 1 is 1.22 bits per heavy atom. The fraction of sp³-hybridized carbons (Fsp3) is 0.600. The van der Waals surface area contributed by atoms with Crippen molar-refractivity contribution in [3.63, 3.8) is 0 Å². The summed E-state index contributed by atoms with van der Waals surface area (Å²) in [6, 6.07) is 6.74. The Hall–Kier alpha value is -0.930. The monoisotopic (exact) mass is 249 g/mol. The Balaban J connectivity index is 1.66. The van der Waals surface area contributed by atoms with Crippen molar-refractivity contribution in [3.8, 4) is 0 Å². The zero-order chi connectivity index (χ0) is 12.4. The SMILES string of the molecule is Fc1cccc(C2CNC3(CCCCC3)CO2)c1. The summed E-state index contributed by atoms with van der Waals surface area (Å²) in [7, 11) is 0. The summed E-state index contributed by atoms with van der Waals surface area (Å²) in [4.78, 5) is 0. The van der Waals surface area contributed by atoms with Crippen molar-refractivity contribution in [1.82, 2.24) is 5.32 Å². The number of hydrogen-bond donors (Lipinski definition) is 1. The van der Waals surface area contributed by atoms with Gasteiger partial charge in [-0.1, -0.05) is 31.4 Å². The number of halogens is 1. The van der Waals surface area contributed by atoms with Crippen molar-refractivity contribution in [1.29, 1.82) is 0 Å². The van der Waals surface area contributed by atoms with Crippen LogP contribution in [0.1, 0.15) is 43.8 Å². The summed E-state index contributed by atoms with van der Waals surface area (Å²) in [5, 5.41) is 3.66. The third-order valence-electron chi connectivity index (χ3n) is 4.25. The van der Waals surface area contributed by atoms with Gasteiger partial charge in [-0.05, 0) is 30.5 Å². The Labute approximate surface area is 108 Å². The van der Waals surface area contributed by atoms with Gasteiger partial charge in [0.05, 0.1) is 12.7 Å². The lowest BCUT2D eigenvalue weighted by Gasteiger charge is -2.43. The van der Waals surface area contributed by atoms with Gasteiger partial charge in [0.1, 0.15) is 5.82 Å². The van der Waals surface area contributed by atoms with E-state index < -0.39 is 0 Å². The molecule has 1 unspecified atom stereocenters. The van der Waals surface area contributed by atoms with E-state index in [0.717, 1.165) is 18.7 Å². The zero-order valence-electron chi connectivity index (χ0n) is 10.6. The summed E-state index contributed by atoms with van der Waals surface area (Å²) in [5.74, 6) is -0.186. The third-order valence-corrected chi connectivity index (χ3v) is 4.25. The molecule has 1 aromatic rings. The van der Waals surface area contributed by atoms with Crippen molar-refractivity contribution in [2.24, 2.45) is 0 Å². The highest BCUT2D eigenvalue weighted by molar-refractivity contribution is 5.20. The highest BCUT2D eigenvalue weighted by atomic mass is 19.1. The molecular weight excluding hydrogens is 229 g/mol. The van der Waals surface area contributed by atoms with E-state index in [-0.39, 0.29) is 17.5 Å². The molecule has 0 radical (unpaired) electrons. The number of hydrogen-bond acceptors (Lipinski definition) is 2. The molecule has 1 aliphatic carbocycles. The van der Waals surface area contributed by atoms with Gasteiger partial charge in [0.15, 0.2) is 0 Å². The molecule has 98 valence electrons. The maximum atomic E-state index is 13.2. The molecule has 1 saturated heterocycles. The molecule has 1 N–H and O–H groups in total. The summed E-state index contributed by atoms with van der Waals surface area (Å²) in [6.07, 6.45) is 6.35. The molecule has 2 fully saturated rings. The number of ether oxygens (including phenoxy) is 1. The van der Waals surface area contributed by atoms with E-state index in [0.29, 0.717) is 0 Å². The van der Waals surface area contributed by atoms with Crippen molar-refractivity contribution in [3.05, 3.63) is 35.6 Å². The van der Waals surface area contributed by atoms with Crippen LogP contribution in [0.5, 0.6) is 0 Å². The summed E-state index contributed by atoms with van der Waals surface area (Å²) in [6.45, 7) is 1.55. The minimum Gasteiger partial charge on any atom is -0.370 e. The largest absolute Gasteiger partial charge is 0.370 e. The van der Waals surface area contributed by atoms with E-state index in [9.17, 15) is 4.39 Å². The van der Waals surface area contributed by atoms with Gasteiger partial charge < -0.3 is 10.1 Å². The Morgan fingerprint density at radius 3 is 2.72 bits per heavy atom. The summed E-state index contributed by atoms with van der Waals surface area (Å²) in [5.41, 5.74) is 1.13. The van der Waals surface area contributed by atoms with Crippen LogP contribution in [-0.4, -0.2) is 18.7 Å². The average Bonchev–Trinajstić information content (AvgIpc) is 2.40. The van der Waals surface area contributed by atoms with Crippen LogP contribution in [0.3, 0.4) is 0 Å². The van der Waals surface area contributed by atoms with E-state index in [1.54, 1.807) is 12.1 Å². The molecule has 0 amide bonds. The molecule has 2 nitrogen and oxygen atoms in total. The van der Waals surface area contributed by atoms with Crippen molar-refractivity contribution >= 4 is 0 Å². The molecular formula is C15H20FNO. The average molecular weight is 249 g/mol. The number of morpholine rings is 1.